The third-order valence-electron chi connectivity index (χ3n) is 2.38. The molecular formula is C11H12FN3O. The van der Waals surface area contributed by atoms with Gasteiger partial charge in [-0.2, -0.15) is 5.10 Å². The van der Waals surface area contributed by atoms with E-state index in [0.717, 1.165) is 5.56 Å². The van der Waals surface area contributed by atoms with Crippen molar-refractivity contribution in [1.82, 2.24) is 10.2 Å². The quantitative estimate of drug-likeness (QED) is 0.729. The molecule has 0 fully saturated rings. The minimum absolute atomic E-state index is 0.119. The van der Waals surface area contributed by atoms with E-state index in [1.807, 2.05) is 0 Å². The molecule has 1 aromatic carbocycles. The lowest BCUT2D eigenvalue weighted by Gasteiger charge is -2.08. The van der Waals surface area contributed by atoms with Crippen LogP contribution in [0.15, 0.2) is 30.5 Å². The van der Waals surface area contributed by atoms with Crippen molar-refractivity contribution in [3.05, 3.63) is 41.8 Å². The van der Waals surface area contributed by atoms with Crippen LogP contribution in [-0.4, -0.2) is 21.8 Å². The number of rotatable bonds is 3. The molecule has 0 aliphatic rings. The lowest BCUT2D eigenvalue weighted by atomic mass is 10.0. The first-order chi connectivity index (χ1) is 7.72. The molecule has 1 aromatic heterocycles. The van der Waals surface area contributed by atoms with Crippen molar-refractivity contribution >= 4 is 0 Å². The zero-order valence-corrected chi connectivity index (χ0v) is 8.52. The summed E-state index contributed by atoms with van der Waals surface area (Å²) in [5, 5.41) is 16.3. The van der Waals surface area contributed by atoms with Gasteiger partial charge in [-0.25, -0.2) is 4.39 Å². The number of nitrogens with zero attached hydrogens (tertiary/aromatic N) is 1. The summed E-state index contributed by atoms with van der Waals surface area (Å²) in [7, 11) is 0. The fraction of sp³-hybridized carbons (Fsp3) is 0.182. The van der Waals surface area contributed by atoms with Gasteiger partial charge in [-0.1, -0.05) is 0 Å². The van der Waals surface area contributed by atoms with E-state index in [-0.39, 0.29) is 12.4 Å². The van der Waals surface area contributed by atoms with Gasteiger partial charge in [0.25, 0.3) is 0 Å². The minimum Gasteiger partial charge on any atom is -0.387 e. The van der Waals surface area contributed by atoms with E-state index in [1.165, 1.54) is 18.3 Å². The lowest BCUT2D eigenvalue weighted by molar-refractivity contribution is 0.187. The van der Waals surface area contributed by atoms with Crippen molar-refractivity contribution in [1.29, 1.82) is 0 Å². The Bertz CT molecular complexity index is 466. The fourth-order valence-electron chi connectivity index (χ4n) is 1.52. The molecule has 0 unspecified atom stereocenters. The smallest absolute Gasteiger partial charge is 0.123 e. The van der Waals surface area contributed by atoms with Crippen LogP contribution in [0.5, 0.6) is 0 Å². The number of H-pyrrole nitrogens is 1. The van der Waals surface area contributed by atoms with Gasteiger partial charge < -0.3 is 10.8 Å². The molecule has 0 aliphatic heterocycles. The van der Waals surface area contributed by atoms with E-state index in [0.29, 0.717) is 11.3 Å². The second kappa shape index (κ2) is 4.42. The highest BCUT2D eigenvalue weighted by Crippen LogP contribution is 2.25. The standard InChI is InChI=1S/C11H12FN3O/c12-8-3-1-7(2-4-8)11-9(6-14-15-11)10(16)5-13/h1-4,6,10,16H,5,13H2,(H,14,15)/t10-/m0/s1. The van der Waals surface area contributed by atoms with E-state index in [9.17, 15) is 9.50 Å². The van der Waals surface area contributed by atoms with Gasteiger partial charge in [0.2, 0.25) is 0 Å². The Morgan fingerprint density at radius 2 is 2.06 bits per heavy atom. The predicted molar refractivity (Wildman–Crippen MR) is 58.0 cm³/mol. The Hall–Kier alpha value is -1.72. The van der Waals surface area contributed by atoms with Crippen LogP contribution in [0.1, 0.15) is 11.7 Å². The third-order valence-corrected chi connectivity index (χ3v) is 2.38. The first-order valence-corrected chi connectivity index (χ1v) is 4.89. The van der Waals surface area contributed by atoms with Gasteiger partial charge in [-0.15, -0.1) is 0 Å². The molecule has 5 heteroatoms. The molecule has 0 radical (unpaired) electrons. The number of nitrogens with one attached hydrogen (secondary N) is 1. The number of nitrogens with two attached hydrogens (primary N) is 1. The minimum atomic E-state index is -0.765. The summed E-state index contributed by atoms with van der Waals surface area (Å²) in [6.07, 6.45) is 0.759. The fourth-order valence-corrected chi connectivity index (χ4v) is 1.52. The van der Waals surface area contributed by atoms with Crippen LogP contribution in [0.2, 0.25) is 0 Å². The maximum atomic E-state index is 12.8. The normalized spacial score (nSPS) is 12.7. The first-order valence-electron chi connectivity index (χ1n) is 4.89. The Morgan fingerprint density at radius 3 is 2.69 bits per heavy atom. The van der Waals surface area contributed by atoms with E-state index in [2.05, 4.69) is 10.2 Å². The van der Waals surface area contributed by atoms with E-state index < -0.39 is 6.10 Å². The van der Waals surface area contributed by atoms with Gasteiger partial charge in [0.05, 0.1) is 18.0 Å². The van der Waals surface area contributed by atoms with E-state index >= 15 is 0 Å². The number of aromatic nitrogens is 2. The maximum Gasteiger partial charge on any atom is 0.123 e. The Kier molecular flexibility index (Phi) is 2.98. The Balaban J connectivity index is 2.40. The lowest BCUT2D eigenvalue weighted by Crippen LogP contribution is -2.11. The average Bonchev–Trinajstić information content (AvgIpc) is 2.78. The number of aromatic amines is 1. The zero-order chi connectivity index (χ0) is 11.5. The summed E-state index contributed by atoms with van der Waals surface area (Å²) >= 11 is 0. The summed E-state index contributed by atoms with van der Waals surface area (Å²) < 4.78 is 12.8. The Morgan fingerprint density at radius 1 is 1.38 bits per heavy atom. The van der Waals surface area contributed by atoms with Crippen LogP contribution < -0.4 is 5.73 Å². The van der Waals surface area contributed by atoms with Crippen molar-refractivity contribution in [3.63, 3.8) is 0 Å². The molecule has 1 atom stereocenters. The van der Waals surface area contributed by atoms with Crippen molar-refractivity contribution in [2.24, 2.45) is 5.73 Å². The first kappa shape index (κ1) is 10.8. The topological polar surface area (TPSA) is 74.9 Å². The molecule has 0 amide bonds. The zero-order valence-electron chi connectivity index (χ0n) is 8.52. The van der Waals surface area contributed by atoms with Gasteiger partial charge in [-0.05, 0) is 24.3 Å². The van der Waals surface area contributed by atoms with Crippen LogP contribution in [0, 0.1) is 5.82 Å². The molecule has 2 aromatic rings. The van der Waals surface area contributed by atoms with E-state index in [1.54, 1.807) is 12.1 Å². The molecule has 0 bridgehead atoms. The van der Waals surface area contributed by atoms with Crippen LogP contribution in [-0.2, 0) is 0 Å². The van der Waals surface area contributed by atoms with Gasteiger partial charge in [-0.3, -0.25) is 5.10 Å². The van der Waals surface area contributed by atoms with Crippen molar-refractivity contribution in [3.8, 4) is 11.3 Å². The third kappa shape index (κ3) is 1.95. The van der Waals surface area contributed by atoms with Crippen LogP contribution in [0.3, 0.4) is 0 Å². The molecule has 84 valence electrons. The largest absolute Gasteiger partial charge is 0.387 e. The van der Waals surface area contributed by atoms with E-state index in [4.69, 9.17) is 5.73 Å². The van der Waals surface area contributed by atoms with Crippen LogP contribution in [0.4, 0.5) is 4.39 Å². The Labute approximate surface area is 91.9 Å². The predicted octanol–water partition coefficient (Wildman–Crippen LogP) is 1.21. The van der Waals surface area contributed by atoms with Crippen molar-refractivity contribution < 1.29 is 9.50 Å². The highest BCUT2D eigenvalue weighted by Gasteiger charge is 2.14. The summed E-state index contributed by atoms with van der Waals surface area (Å²) in [5.74, 6) is -0.302. The highest BCUT2D eigenvalue weighted by molar-refractivity contribution is 5.62. The highest BCUT2D eigenvalue weighted by atomic mass is 19.1. The number of aliphatic hydroxyl groups is 1. The second-order valence-corrected chi connectivity index (χ2v) is 3.46. The van der Waals surface area contributed by atoms with Crippen LogP contribution >= 0.6 is 0 Å². The molecule has 0 spiro atoms. The summed E-state index contributed by atoms with van der Waals surface area (Å²) in [6, 6.07) is 5.95. The molecule has 16 heavy (non-hydrogen) atoms. The molecule has 0 saturated heterocycles. The van der Waals surface area contributed by atoms with Gasteiger partial charge in [0.1, 0.15) is 5.82 Å². The summed E-state index contributed by atoms with van der Waals surface area (Å²) in [4.78, 5) is 0. The number of halogens is 1. The molecule has 4 nitrogen and oxygen atoms in total. The second-order valence-electron chi connectivity index (χ2n) is 3.46. The number of benzene rings is 1. The van der Waals surface area contributed by atoms with Crippen molar-refractivity contribution in [2.45, 2.75) is 6.10 Å². The monoisotopic (exact) mass is 221 g/mol. The molecule has 0 aliphatic carbocycles. The van der Waals surface area contributed by atoms with Gasteiger partial charge in [0, 0.05) is 17.7 Å². The number of hydrogen-bond acceptors (Lipinski definition) is 3. The number of hydrogen-bond donors (Lipinski definition) is 3. The SMILES string of the molecule is NC[C@H](O)c1cn[nH]c1-c1ccc(F)cc1. The number of aliphatic hydroxyl groups excluding tert-OH is 1. The maximum absolute atomic E-state index is 12.8. The van der Waals surface area contributed by atoms with Crippen molar-refractivity contribution in [2.75, 3.05) is 6.54 Å². The molecule has 1 heterocycles. The van der Waals surface area contributed by atoms with Gasteiger partial charge >= 0.3 is 0 Å². The molecule has 0 saturated carbocycles. The summed E-state index contributed by atoms with van der Waals surface area (Å²) in [6.45, 7) is 0.119. The van der Waals surface area contributed by atoms with Gasteiger partial charge in [0.15, 0.2) is 0 Å². The average molecular weight is 221 g/mol. The summed E-state index contributed by atoms with van der Waals surface area (Å²) in [5.41, 5.74) is 7.43. The molecule has 4 N–H and O–H groups in total. The molecular weight excluding hydrogens is 209 g/mol. The molecule has 2 rings (SSSR count). The van der Waals surface area contributed by atoms with Crippen LogP contribution in [0.25, 0.3) is 11.3 Å².